The van der Waals surface area contributed by atoms with E-state index in [9.17, 15) is 15.3 Å². The summed E-state index contributed by atoms with van der Waals surface area (Å²) in [5.74, 6) is 0.604. The van der Waals surface area contributed by atoms with E-state index in [4.69, 9.17) is 0 Å². The molecule has 0 bridgehead atoms. The number of aliphatic hydroxyl groups is 2. The second kappa shape index (κ2) is 5.83. The zero-order valence-electron chi connectivity index (χ0n) is 15.6. The van der Waals surface area contributed by atoms with Crippen molar-refractivity contribution in [1.29, 1.82) is 0 Å². The maximum atomic E-state index is 11.6. The Morgan fingerprint density at radius 1 is 1.08 bits per heavy atom. The van der Waals surface area contributed by atoms with Gasteiger partial charge in [0.15, 0.2) is 0 Å². The molecule has 0 heterocycles. The molecule has 2 aromatic carbocycles. The molecule has 0 aromatic heterocycles. The van der Waals surface area contributed by atoms with Crippen LogP contribution in [-0.4, -0.2) is 20.9 Å². The minimum absolute atomic E-state index is 0.161. The first-order valence-electron chi connectivity index (χ1n) is 9.65. The molecule has 138 valence electrons. The summed E-state index contributed by atoms with van der Waals surface area (Å²) >= 11 is 0. The number of phenolic OH excluding ortho intramolecular Hbond substituents is 1. The summed E-state index contributed by atoms with van der Waals surface area (Å²) in [6, 6.07) is 15.3. The molecular formula is C23H28O3. The molecule has 26 heavy (non-hydrogen) atoms. The highest BCUT2D eigenvalue weighted by Crippen LogP contribution is 2.60. The highest BCUT2D eigenvalue weighted by atomic mass is 16.4. The van der Waals surface area contributed by atoms with E-state index in [0.717, 1.165) is 24.8 Å². The van der Waals surface area contributed by atoms with Gasteiger partial charge in [-0.1, -0.05) is 43.3 Å². The molecule has 4 rings (SSSR count). The van der Waals surface area contributed by atoms with Crippen LogP contribution in [0.4, 0.5) is 0 Å². The number of fused-ring (bicyclic) bond motifs is 3. The van der Waals surface area contributed by atoms with Gasteiger partial charge in [-0.2, -0.15) is 0 Å². The second-order valence-corrected chi connectivity index (χ2v) is 8.47. The number of hydrogen-bond donors (Lipinski definition) is 3. The van der Waals surface area contributed by atoms with Crippen LogP contribution in [0.25, 0.3) is 0 Å². The molecule has 2 aromatic rings. The molecule has 0 saturated heterocycles. The van der Waals surface area contributed by atoms with E-state index in [1.807, 2.05) is 42.5 Å². The molecule has 2 aliphatic rings. The Kier molecular flexibility index (Phi) is 3.94. The number of phenols is 1. The Morgan fingerprint density at radius 2 is 1.81 bits per heavy atom. The van der Waals surface area contributed by atoms with E-state index in [2.05, 4.69) is 6.92 Å². The van der Waals surface area contributed by atoms with Crippen molar-refractivity contribution in [2.24, 2.45) is 5.92 Å². The average Bonchev–Trinajstić information content (AvgIpc) is 2.63. The van der Waals surface area contributed by atoms with Crippen LogP contribution in [0.3, 0.4) is 0 Å². The standard InChI is InChI=1S/C23H28O3/c1-3-22-15-21(2,25)23(26,17-7-5-4-6-8-17)14-18(22)10-9-16-13-19(24)11-12-20(16)22/h4-8,11-13,18,24-26H,3,9-10,14-15H2,1-2H3/t18-,21?,22?,23?/m1/s1. The van der Waals surface area contributed by atoms with Crippen molar-refractivity contribution in [3.05, 3.63) is 65.2 Å². The first-order chi connectivity index (χ1) is 12.3. The topological polar surface area (TPSA) is 60.7 Å². The lowest BCUT2D eigenvalue weighted by Crippen LogP contribution is -2.62. The van der Waals surface area contributed by atoms with Crippen LogP contribution < -0.4 is 0 Å². The van der Waals surface area contributed by atoms with Gasteiger partial charge in [0.05, 0.1) is 5.60 Å². The molecule has 0 amide bonds. The van der Waals surface area contributed by atoms with Crippen LogP contribution in [0.15, 0.2) is 48.5 Å². The summed E-state index contributed by atoms with van der Waals surface area (Å²) in [4.78, 5) is 0. The first kappa shape index (κ1) is 17.6. The van der Waals surface area contributed by atoms with Gasteiger partial charge in [0.2, 0.25) is 0 Å². The lowest BCUT2D eigenvalue weighted by atomic mass is 9.49. The predicted octanol–water partition coefficient (Wildman–Crippen LogP) is 4.04. The van der Waals surface area contributed by atoms with E-state index >= 15 is 0 Å². The monoisotopic (exact) mass is 352 g/mol. The van der Waals surface area contributed by atoms with Crippen LogP contribution >= 0.6 is 0 Å². The van der Waals surface area contributed by atoms with Gasteiger partial charge in [-0.05, 0) is 73.8 Å². The van der Waals surface area contributed by atoms with Crippen molar-refractivity contribution in [3.8, 4) is 5.75 Å². The summed E-state index contributed by atoms with van der Waals surface area (Å²) in [7, 11) is 0. The lowest BCUT2D eigenvalue weighted by molar-refractivity contribution is -0.205. The number of rotatable bonds is 2. The van der Waals surface area contributed by atoms with E-state index in [1.165, 1.54) is 11.1 Å². The molecule has 3 N–H and O–H groups in total. The van der Waals surface area contributed by atoms with Crippen molar-refractivity contribution in [2.45, 2.75) is 62.6 Å². The minimum atomic E-state index is -1.24. The molecule has 0 spiro atoms. The third kappa shape index (κ3) is 2.34. The molecule has 3 nitrogen and oxygen atoms in total. The molecule has 3 heteroatoms. The van der Waals surface area contributed by atoms with E-state index < -0.39 is 11.2 Å². The lowest BCUT2D eigenvalue weighted by Gasteiger charge is -2.59. The first-order valence-corrected chi connectivity index (χ1v) is 9.65. The van der Waals surface area contributed by atoms with Crippen LogP contribution in [0.5, 0.6) is 5.75 Å². The van der Waals surface area contributed by atoms with Crippen LogP contribution in [-0.2, 0) is 17.4 Å². The van der Waals surface area contributed by atoms with Crippen molar-refractivity contribution in [3.63, 3.8) is 0 Å². The summed E-state index contributed by atoms with van der Waals surface area (Å²) in [5.41, 5.74) is 0.588. The van der Waals surface area contributed by atoms with Crippen molar-refractivity contribution in [2.75, 3.05) is 0 Å². The number of hydrogen-bond acceptors (Lipinski definition) is 3. The highest BCUT2D eigenvalue weighted by molar-refractivity contribution is 5.44. The molecule has 3 unspecified atom stereocenters. The molecule has 0 radical (unpaired) electrons. The summed E-state index contributed by atoms with van der Waals surface area (Å²) in [5, 5.41) is 33.0. The van der Waals surface area contributed by atoms with Gasteiger partial charge in [-0.15, -0.1) is 0 Å². The van der Waals surface area contributed by atoms with Crippen molar-refractivity contribution >= 4 is 0 Å². The fraction of sp³-hybridized carbons (Fsp3) is 0.478. The third-order valence-electron chi connectivity index (χ3n) is 7.14. The molecule has 1 fully saturated rings. The van der Waals surface area contributed by atoms with Crippen LogP contribution in [0.1, 0.15) is 56.2 Å². The molecule has 0 aliphatic heterocycles. The molecule has 1 saturated carbocycles. The van der Waals surface area contributed by atoms with Crippen LogP contribution in [0, 0.1) is 5.92 Å². The van der Waals surface area contributed by atoms with Gasteiger partial charge in [-0.3, -0.25) is 0 Å². The zero-order valence-corrected chi connectivity index (χ0v) is 15.6. The van der Waals surface area contributed by atoms with Crippen molar-refractivity contribution in [1.82, 2.24) is 0 Å². The normalized spacial score (nSPS) is 36.2. The summed E-state index contributed by atoms with van der Waals surface area (Å²) in [6.45, 7) is 3.96. The maximum Gasteiger partial charge on any atom is 0.118 e. The fourth-order valence-corrected chi connectivity index (χ4v) is 5.72. The molecular weight excluding hydrogens is 324 g/mol. The smallest absolute Gasteiger partial charge is 0.118 e. The van der Waals surface area contributed by atoms with E-state index in [0.29, 0.717) is 24.5 Å². The third-order valence-corrected chi connectivity index (χ3v) is 7.14. The Balaban J connectivity index is 1.83. The Hall–Kier alpha value is -1.84. The van der Waals surface area contributed by atoms with Gasteiger partial charge in [0.25, 0.3) is 0 Å². The zero-order chi connectivity index (χ0) is 18.6. The fourth-order valence-electron chi connectivity index (χ4n) is 5.72. The Labute approximate surface area is 155 Å². The largest absolute Gasteiger partial charge is 0.508 e. The average molecular weight is 352 g/mol. The quantitative estimate of drug-likeness (QED) is 0.764. The maximum absolute atomic E-state index is 11.6. The summed E-state index contributed by atoms with van der Waals surface area (Å²) in [6.07, 6.45) is 3.86. The molecule has 2 aliphatic carbocycles. The number of aromatic hydroxyl groups is 1. The number of benzene rings is 2. The van der Waals surface area contributed by atoms with Gasteiger partial charge in [-0.25, -0.2) is 0 Å². The van der Waals surface area contributed by atoms with Gasteiger partial charge < -0.3 is 15.3 Å². The predicted molar refractivity (Wildman–Crippen MR) is 102 cm³/mol. The van der Waals surface area contributed by atoms with Gasteiger partial charge in [0.1, 0.15) is 11.4 Å². The summed E-state index contributed by atoms with van der Waals surface area (Å²) < 4.78 is 0. The van der Waals surface area contributed by atoms with Gasteiger partial charge in [0, 0.05) is 5.41 Å². The van der Waals surface area contributed by atoms with Gasteiger partial charge >= 0.3 is 0 Å². The van der Waals surface area contributed by atoms with Crippen molar-refractivity contribution < 1.29 is 15.3 Å². The Bertz CT molecular complexity index is 813. The van der Waals surface area contributed by atoms with Crippen LogP contribution in [0.2, 0.25) is 0 Å². The minimum Gasteiger partial charge on any atom is -0.508 e. The van der Waals surface area contributed by atoms with E-state index in [1.54, 1.807) is 13.0 Å². The SMILES string of the molecule is CCC12CC(C)(O)C(O)(c3ccccc3)C[C@H]1CCc1cc(O)ccc12. The highest BCUT2D eigenvalue weighted by Gasteiger charge is 2.60. The van der Waals surface area contributed by atoms with E-state index in [-0.39, 0.29) is 5.41 Å². The second-order valence-electron chi connectivity index (χ2n) is 8.47. The Morgan fingerprint density at radius 3 is 2.50 bits per heavy atom. The molecule has 4 atom stereocenters. The number of aryl methyl sites for hydroxylation is 1.